The lowest BCUT2D eigenvalue weighted by molar-refractivity contribution is 0.0694. The van der Waals surface area contributed by atoms with Crippen LogP contribution in [0.3, 0.4) is 0 Å². The molecule has 0 bridgehead atoms. The van der Waals surface area contributed by atoms with E-state index in [4.69, 9.17) is 9.63 Å². The van der Waals surface area contributed by atoms with Crippen LogP contribution in [0.5, 0.6) is 0 Å². The molecule has 0 aliphatic rings. The van der Waals surface area contributed by atoms with Crippen LogP contribution in [0, 0.1) is 13.8 Å². The summed E-state index contributed by atoms with van der Waals surface area (Å²) in [6, 6.07) is 8.18. The first-order valence-corrected chi connectivity index (χ1v) is 5.82. The highest BCUT2D eigenvalue weighted by Gasteiger charge is 2.18. The molecule has 1 heterocycles. The van der Waals surface area contributed by atoms with Gasteiger partial charge in [0.1, 0.15) is 11.3 Å². The quantitative estimate of drug-likeness (QED) is 0.935. The lowest BCUT2D eigenvalue weighted by Gasteiger charge is -2.01. The first kappa shape index (κ1) is 15.2. The molecule has 0 atom stereocenters. The number of carbonyl (C=O) groups is 1. The van der Waals surface area contributed by atoms with Crippen molar-refractivity contribution in [1.29, 1.82) is 0 Å². The highest BCUT2D eigenvalue weighted by atomic mass is 35.5. The summed E-state index contributed by atoms with van der Waals surface area (Å²) in [4.78, 5) is 11.1. The number of nitrogens with zero attached hydrogens (tertiary/aromatic N) is 1. The molecule has 102 valence electrons. The summed E-state index contributed by atoms with van der Waals surface area (Å²) in [6.07, 6.45) is 1.33. The molecule has 1 aromatic carbocycles. The minimum absolute atomic E-state index is 0. The van der Waals surface area contributed by atoms with Crippen molar-refractivity contribution in [2.24, 2.45) is 0 Å². The number of aromatic carboxylic acids is 1. The monoisotopic (exact) mass is 281 g/mol. The zero-order chi connectivity index (χ0) is 13.1. The van der Waals surface area contributed by atoms with E-state index in [1.54, 1.807) is 6.92 Å². The molecule has 0 amide bonds. The Morgan fingerprint density at radius 2 is 1.84 bits per heavy atom. The lowest BCUT2D eigenvalue weighted by Crippen LogP contribution is -2.03. The van der Waals surface area contributed by atoms with Crippen LogP contribution in [-0.4, -0.2) is 16.2 Å². The molecule has 1 N–H and O–H groups in total. The van der Waals surface area contributed by atoms with E-state index in [9.17, 15) is 4.79 Å². The van der Waals surface area contributed by atoms with Crippen molar-refractivity contribution >= 4 is 18.4 Å². The van der Waals surface area contributed by atoms with Gasteiger partial charge >= 0.3 is 5.97 Å². The van der Waals surface area contributed by atoms with Crippen LogP contribution in [0.25, 0.3) is 0 Å². The Morgan fingerprint density at radius 3 is 2.42 bits per heavy atom. The maximum absolute atomic E-state index is 11.1. The number of hydrogen-bond acceptors (Lipinski definition) is 3. The fraction of sp³-hybridized carbons (Fsp3) is 0.286. The maximum atomic E-state index is 11.1. The van der Waals surface area contributed by atoms with Crippen molar-refractivity contribution in [3.8, 4) is 0 Å². The molecule has 2 aromatic rings. The topological polar surface area (TPSA) is 63.3 Å². The minimum Gasteiger partial charge on any atom is -0.477 e. The van der Waals surface area contributed by atoms with Gasteiger partial charge in [0.05, 0.1) is 5.69 Å². The number of aryl methyl sites for hydroxylation is 4. The average molecular weight is 282 g/mol. The average Bonchev–Trinajstić information content (AvgIpc) is 2.70. The van der Waals surface area contributed by atoms with Gasteiger partial charge in [-0.05, 0) is 32.3 Å². The maximum Gasteiger partial charge on any atom is 0.341 e. The minimum atomic E-state index is -0.979. The summed E-state index contributed by atoms with van der Waals surface area (Å²) in [5.74, 6) is -0.617. The zero-order valence-electron chi connectivity index (χ0n) is 10.8. The third kappa shape index (κ3) is 3.58. The van der Waals surface area contributed by atoms with E-state index in [0.29, 0.717) is 17.9 Å². The number of carboxylic acid groups (broad SMARTS) is 1. The molecule has 19 heavy (non-hydrogen) atoms. The fourth-order valence-corrected chi connectivity index (χ4v) is 1.88. The van der Waals surface area contributed by atoms with Crippen molar-refractivity contribution in [3.63, 3.8) is 0 Å². The standard InChI is InChI=1S/C14H15NO3.ClH/c1-9-3-5-11(6-4-9)7-8-12-13(14(16)17)10(2)18-15-12;/h3-6H,7-8H2,1-2H3,(H,16,17);1H. The van der Waals surface area contributed by atoms with E-state index in [2.05, 4.69) is 5.16 Å². The molecule has 1 aromatic heterocycles. The van der Waals surface area contributed by atoms with E-state index in [0.717, 1.165) is 12.0 Å². The van der Waals surface area contributed by atoms with Crippen LogP contribution in [0.15, 0.2) is 28.8 Å². The molecule has 0 radical (unpaired) electrons. The van der Waals surface area contributed by atoms with E-state index in [1.807, 2.05) is 31.2 Å². The largest absolute Gasteiger partial charge is 0.477 e. The molecule has 0 aliphatic heterocycles. The van der Waals surface area contributed by atoms with Crippen molar-refractivity contribution in [1.82, 2.24) is 5.16 Å². The second-order valence-corrected chi connectivity index (χ2v) is 4.35. The van der Waals surface area contributed by atoms with Gasteiger partial charge in [0.15, 0.2) is 0 Å². The normalized spacial score (nSPS) is 10.0. The van der Waals surface area contributed by atoms with Gasteiger partial charge in [-0.25, -0.2) is 4.79 Å². The Balaban J connectivity index is 0.00000180. The number of hydrogen-bond donors (Lipinski definition) is 1. The van der Waals surface area contributed by atoms with Crippen molar-refractivity contribution in [3.05, 3.63) is 52.4 Å². The smallest absolute Gasteiger partial charge is 0.341 e. The van der Waals surface area contributed by atoms with Gasteiger partial charge < -0.3 is 9.63 Å². The highest BCUT2D eigenvalue weighted by molar-refractivity contribution is 5.89. The molecule has 0 fully saturated rings. The van der Waals surface area contributed by atoms with Gasteiger partial charge in [-0.1, -0.05) is 35.0 Å². The van der Waals surface area contributed by atoms with Gasteiger partial charge in [0.25, 0.3) is 0 Å². The molecular formula is C14H16ClNO3. The molecule has 0 unspecified atom stereocenters. The van der Waals surface area contributed by atoms with Crippen LogP contribution in [-0.2, 0) is 12.8 Å². The molecule has 5 heteroatoms. The molecule has 4 nitrogen and oxygen atoms in total. The third-order valence-electron chi connectivity index (χ3n) is 2.92. The van der Waals surface area contributed by atoms with Gasteiger partial charge in [0.2, 0.25) is 0 Å². The van der Waals surface area contributed by atoms with Gasteiger partial charge in [-0.2, -0.15) is 0 Å². The molecule has 0 saturated carbocycles. The summed E-state index contributed by atoms with van der Waals surface area (Å²) >= 11 is 0. The number of benzene rings is 1. The Kier molecular flexibility index (Phi) is 5.12. The summed E-state index contributed by atoms with van der Waals surface area (Å²) in [5.41, 5.74) is 3.09. The highest BCUT2D eigenvalue weighted by Crippen LogP contribution is 2.16. The van der Waals surface area contributed by atoms with Crippen LogP contribution < -0.4 is 0 Å². The number of halogens is 1. The first-order valence-electron chi connectivity index (χ1n) is 5.82. The molecular weight excluding hydrogens is 266 g/mol. The fourth-order valence-electron chi connectivity index (χ4n) is 1.88. The van der Waals surface area contributed by atoms with Crippen molar-refractivity contribution < 1.29 is 14.4 Å². The van der Waals surface area contributed by atoms with Gasteiger partial charge in [0, 0.05) is 0 Å². The predicted octanol–water partition coefficient (Wildman–Crippen LogP) is 3.20. The number of rotatable bonds is 4. The predicted molar refractivity (Wildman–Crippen MR) is 74.0 cm³/mol. The Bertz CT molecular complexity index is 561. The third-order valence-corrected chi connectivity index (χ3v) is 2.92. The molecule has 0 saturated heterocycles. The first-order chi connectivity index (χ1) is 8.58. The van der Waals surface area contributed by atoms with E-state index in [-0.39, 0.29) is 18.0 Å². The zero-order valence-corrected chi connectivity index (χ0v) is 11.7. The lowest BCUT2D eigenvalue weighted by atomic mass is 10.0. The van der Waals surface area contributed by atoms with Gasteiger partial charge in [-0.15, -0.1) is 12.4 Å². The van der Waals surface area contributed by atoms with Crippen LogP contribution in [0.1, 0.15) is 32.9 Å². The van der Waals surface area contributed by atoms with E-state index < -0.39 is 5.97 Å². The molecule has 2 rings (SSSR count). The Morgan fingerprint density at radius 1 is 1.21 bits per heavy atom. The van der Waals surface area contributed by atoms with Crippen LogP contribution in [0.4, 0.5) is 0 Å². The second kappa shape index (κ2) is 6.38. The second-order valence-electron chi connectivity index (χ2n) is 4.35. The SMILES string of the molecule is Cc1ccc(CCc2noc(C)c2C(=O)O)cc1.Cl. The van der Waals surface area contributed by atoms with Gasteiger partial charge in [-0.3, -0.25) is 0 Å². The summed E-state index contributed by atoms with van der Waals surface area (Å²) in [5, 5.41) is 12.9. The summed E-state index contributed by atoms with van der Waals surface area (Å²) in [7, 11) is 0. The number of carboxylic acids is 1. The van der Waals surface area contributed by atoms with Crippen molar-refractivity contribution in [2.75, 3.05) is 0 Å². The van der Waals surface area contributed by atoms with Crippen molar-refractivity contribution in [2.45, 2.75) is 26.7 Å². The Hall–Kier alpha value is -1.81. The van der Waals surface area contributed by atoms with Crippen LogP contribution >= 0.6 is 12.4 Å². The molecule has 0 aliphatic carbocycles. The number of aromatic nitrogens is 1. The molecule has 0 spiro atoms. The Labute approximate surface area is 117 Å². The van der Waals surface area contributed by atoms with E-state index >= 15 is 0 Å². The van der Waals surface area contributed by atoms with E-state index in [1.165, 1.54) is 5.56 Å². The van der Waals surface area contributed by atoms with Crippen LogP contribution in [0.2, 0.25) is 0 Å². The summed E-state index contributed by atoms with van der Waals surface area (Å²) in [6.45, 7) is 3.65. The summed E-state index contributed by atoms with van der Waals surface area (Å²) < 4.78 is 4.93.